The number of esters is 1. The Bertz CT molecular complexity index is 1210. The van der Waals surface area contributed by atoms with E-state index in [1.165, 1.54) is 212 Å². The largest absolute Gasteiger partial charge is 0.462 e. The fourth-order valence-corrected chi connectivity index (χ4v) is 9.65. The van der Waals surface area contributed by atoms with Crippen molar-refractivity contribution in [1.29, 1.82) is 0 Å². The van der Waals surface area contributed by atoms with E-state index in [1.54, 1.807) is 0 Å². The molecule has 0 radical (unpaired) electrons. The molecule has 0 fully saturated rings. The number of allylic oxidation sites excluding steroid dienone is 8. The average Bonchev–Trinajstić information content (AvgIpc) is 3.36. The second kappa shape index (κ2) is 58.7. The summed E-state index contributed by atoms with van der Waals surface area (Å²) in [5.41, 5.74) is 0. The molecule has 0 aromatic rings. The lowest BCUT2D eigenvalue weighted by Gasteiger charge is -2.24. The third-order valence-corrected chi connectivity index (χ3v) is 14.4. The van der Waals surface area contributed by atoms with Crippen LogP contribution in [0, 0.1) is 0 Å². The molecule has 0 rings (SSSR count). The van der Waals surface area contributed by atoms with Gasteiger partial charge < -0.3 is 20.3 Å². The third-order valence-electron chi connectivity index (χ3n) is 14.4. The van der Waals surface area contributed by atoms with Gasteiger partial charge in [0, 0.05) is 6.42 Å². The minimum absolute atomic E-state index is 0.0684. The molecule has 416 valence electrons. The van der Waals surface area contributed by atoms with Crippen LogP contribution in [0.5, 0.6) is 0 Å². The van der Waals surface area contributed by atoms with Crippen LogP contribution in [0.15, 0.2) is 48.6 Å². The molecule has 0 heterocycles. The molecular formula is C65H121NO5. The summed E-state index contributed by atoms with van der Waals surface area (Å²) in [6, 6.07) is -0.708. The highest BCUT2D eigenvalue weighted by Crippen LogP contribution is 2.19. The quantitative estimate of drug-likeness (QED) is 0.0321. The first-order valence-electron chi connectivity index (χ1n) is 31.4. The van der Waals surface area contributed by atoms with E-state index in [0.29, 0.717) is 19.3 Å². The molecule has 3 atom stereocenters. The van der Waals surface area contributed by atoms with Gasteiger partial charge in [-0.15, -0.1) is 0 Å². The fraction of sp³-hybridized carbons (Fsp3) is 0.846. The monoisotopic (exact) mass is 996 g/mol. The van der Waals surface area contributed by atoms with Crippen molar-refractivity contribution in [2.45, 2.75) is 347 Å². The topological polar surface area (TPSA) is 95.9 Å². The molecule has 0 saturated heterocycles. The standard InChI is InChI=1S/C65H121NO5/c1-4-7-10-13-16-19-22-25-28-31-32-34-37-40-43-46-49-52-55-58-65(70)71-61(56-53-50-47-44-41-38-35-33-29-26-23-20-17-14-11-8-5-2)59-64(69)66-62(60-67)63(68)57-54-51-48-45-42-39-36-30-27-24-21-18-15-12-9-6-3/h16,19,25,28,32,34,40,43,61-63,67-68H,4-15,17-18,20-24,26-27,29-31,33,35-39,41-42,44-60H2,1-3H3,(H,66,69)/b19-16-,28-25-,34-32-,43-40-. The number of carbonyl (C=O) groups excluding carboxylic acids is 2. The van der Waals surface area contributed by atoms with Crippen molar-refractivity contribution in [2.24, 2.45) is 0 Å². The maximum absolute atomic E-state index is 13.3. The van der Waals surface area contributed by atoms with Crippen molar-refractivity contribution >= 4 is 11.9 Å². The lowest BCUT2D eigenvalue weighted by molar-refractivity contribution is -0.151. The molecule has 0 spiro atoms. The van der Waals surface area contributed by atoms with Crippen molar-refractivity contribution in [1.82, 2.24) is 5.32 Å². The van der Waals surface area contributed by atoms with Gasteiger partial charge in [-0.1, -0.05) is 294 Å². The molecular weight excluding hydrogens is 875 g/mol. The van der Waals surface area contributed by atoms with Crippen LogP contribution in [0.25, 0.3) is 0 Å². The smallest absolute Gasteiger partial charge is 0.306 e. The molecule has 6 heteroatoms. The number of ether oxygens (including phenoxy) is 1. The molecule has 1 amide bonds. The minimum Gasteiger partial charge on any atom is -0.462 e. The third kappa shape index (κ3) is 53.9. The molecule has 71 heavy (non-hydrogen) atoms. The van der Waals surface area contributed by atoms with E-state index < -0.39 is 18.2 Å². The first-order chi connectivity index (χ1) is 35.0. The Kier molecular flexibility index (Phi) is 56.9. The normalized spacial score (nSPS) is 13.4. The Hall–Kier alpha value is -2.18. The zero-order chi connectivity index (χ0) is 51.6. The van der Waals surface area contributed by atoms with Crippen LogP contribution in [-0.4, -0.2) is 46.9 Å². The second-order valence-electron chi connectivity index (χ2n) is 21.5. The predicted octanol–water partition coefficient (Wildman–Crippen LogP) is 19.7. The molecule has 0 aliphatic carbocycles. The molecule has 0 aromatic carbocycles. The Morgan fingerprint density at radius 1 is 0.408 bits per heavy atom. The molecule has 6 nitrogen and oxygen atoms in total. The Morgan fingerprint density at radius 2 is 0.718 bits per heavy atom. The van der Waals surface area contributed by atoms with Gasteiger partial charge >= 0.3 is 5.97 Å². The molecule has 3 unspecified atom stereocenters. The zero-order valence-corrected chi connectivity index (χ0v) is 47.6. The summed E-state index contributed by atoms with van der Waals surface area (Å²) in [6.07, 6.45) is 73.2. The Labute approximate surface area is 442 Å². The Balaban J connectivity index is 4.58. The molecule has 0 saturated carbocycles. The number of nitrogens with one attached hydrogen (secondary N) is 1. The number of aliphatic hydroxyl groups is 2. The van der Waals surface area contributed by atoms with E-state index in [0.717, 1.165) is 70.6 Å². The van der Waals surface area contributed by atoms with Gasteiger partial charge in [-0.2, -0.15) is 0 Å². The van der Waals surface area contributed by atoms with E-state index in [4.69, 9.17) is 4.74 Å². The minimum atomic E-state index is -0.794. The van der Waals surface area contributed by atoms with Gasteiger partial charge in [0.15, 0.2) is 0 Å². The van der Waals surface area contributed by atoms with Gasteiger partial charge in [0.25, 0.3) is 0 Å². The number of hydrogen-bond acceptors (Lipinski definition) is 5. The highest BCUT2D eigenvalue weighted by atomic mass is 16.5. The van der Waals surface area contributed by atoms with Crippen LogP contribution >= 0.6 is 0 Å². The van der Waals surface area contributed by atoms with E-state index in [1.807, 2.05) is 0 Å². The summed E-state index contributed by atoms with van der Waals surface area (Å²) in [5, 5.41) is 24.0. The summed E-state index contributed by atoms with van der Waals surface area (Å²) in [6.45, 7) is 6.50. The predicted molar refractivity (Wildman–Crippen MR) is 310 cm³/mol. The SMILES string of the molecule is CCCCC/C=C\C/C=C\C/C=C\C/C=C\CCCCCC(=O)OC(CCCCCCCCCCCCCCCCCCC)CC(=O)NC(CO)C(O)CCCCCCCCCCCCCCCCCC. The van der Waals surface area contributed by atoms with Gasteiger partial charge in [-0.05, 0) is 70.6 Å². The molecule has 0 bridgehead atoms. The number of aliphatic hydroxyl groups excluding tert-OH is 2. The number of amides is 1. The average molecular weight is 997 g/mol. The molecule has 3 N–H and O–H groups in total. The van der Waals surface area contributed by atoms with E-state index in [2.05, 4.69) is 74.7 Å². The molecule has 0 aromatic heterocycles. The first kappa shape index (κ1) is 68.8. The highest BCUT2D eigenvalue weighted by Gasteiger charge is 2.24. The van der Waals surface area contributed by atoms with Gasteiger partial charge in [-0.3, -0.25) is 9.59 Å². The maximum atomic E-state index is 13.3. The first-order valence-corrected chi connectivity index (χ1v) is 31.4. The van der Waals surface area contributed by atoms with Crippen molar-refractivity contribution in [3.05, 3.63) is 48.6 Å². The summed E-state index contributed by atoms with van der Waals surface area (Å²) >= 11 is 0. The van der Waals surface area contributed by atoms with Crippen LogP contribution < -0.4 is 5.32 Å². The van der Waals surface area contributed by atoms with Crippen LogP contribution in [-0.2, 0) is 14.3 Å². The van der Waals surface area contributed by atoms with Crippen molar-refractivity contribution in [3.63, 3.8) is 0 Å². The van der Waals surface area contributed by atoms with Crippen molar-refractivity contribution in [3.8, 4) is 0 Å². The van der Waals surface area contributed by atoms with Gasteiger partial charge in [-0.25, -0.2) is 0 Å². The zero-order valence-electron chi connectivity index (χ0n) is 47.6. The second-order valence-corrected chi connectivity index (χ2v) is 21.5. The van der Waals surface area contributed by atoms with Crippen LogP contribution in [0.1, 0.15) is 329 Å². The van der Waals surface area contributed by atoms with Gasteiger partial charge in [0.1, 0.15) is 6.10 Å². The Morgan fingerprint density at radius 3 is 1.10 bits per heavy atom. The van der Waals surface area contributed by atoms with Gasteiger partial charge in [0.2, 0.25) is 5.91 Å². The van der Waals surface area contributed by atoms with E-state index >= 15 is 0 Å². The number of carbonyl (C=O) groups is 2. The number of unbranched alkanes of at least 4 members (excludes halogenated alkanes) is 37. The summed E-state index contributed by atoms with van der Waals surface area (Å²) in [4.78, 5) is 26.4. The fourth-order valence-electron chi connectivity index (χ4n) is 9.65. The van der Waals surface area contributed by atoms with Crippen LogP contribution in [0.2, 0.25) is 0 Å². The van der Waals surface area contributed by atoms with Crippen molar-refractivity contribution in [2.75, 3.05) is 6.61 Å². The number of rotatable bonds is 57. The van der Waals surface area contributed by atoms with Crippen LogP contribution in [0.4, 0.5) is 0 Å². The molecule has 0 aliphatic heterocycles. The summed E-state index contributed by atoms with van der Waals surface area (Å²) in [5.74, 6) is -0.492. The van der Waals surface area contributed by atoms with Crippen LogP contribution in [0.3, 0.4) is 0 Å². The maximum Gasteiger partial charge on any atom is 0.306 e. The van der Waals surface area contributed by atoms with Gasteiger partial charge in [0.05, 0.1) is 25.2 Å². The summed E-state index contributed by atoms with van der Waals surface area (Å²) in [7, 11) is 0. The number of hydrogen-bond donors (Lipinski definition) is 3. The molecule has 0 aliphatic rings. The highest BCUT2D eigenvalue weighted by molar-refractivity contribution is 5.77. The van der Waals surface area contributed by atoms with Crippen molar-refractivity contribution < 1.29 is 24.5 Å². The van der Waals surface area contributed by atoms with E-state index in [-0.39, 0.29) is 24.9 Å². The van der Waals surface area contributed by atoms with E-state index in [9.17, 15) is 19.8 Å². The lowest BCUT2D eigenvalue weighted by Crippen LogP contribution is -2.46. The summed E-state index contributed by atoms with van der Waals surface area (Å²) < 4.78 is 5.97. The lowest BCUT2D eigenvalue weighted by atomic mass is 10.0.